The Bertz CT molecular complexity index is 1250. The third-order valence-corrected chi connectivity index (χ3v) is 8.54. The van der Waals surface area contributed by atoms with Crippen LogP contribution in [0.3, 0.4) is 0 Å². The number of fused-ring (bicyclic) bond motifs is 4. The predicted molar refractivity (Wildman–Crippen MR) is 163 cm³/mol. The van der Waals surface area contributed by atoms with Crippen molar-refractivity contribution in [2.45, 2.75) is 64.6 Å². The molecular weight excluding hydrogens is 508 g/mol. The molecule has 8 heteroatoms. The van der Waals surface area contributed by atoms with Crippen molar-refractivity contribution in [1.29, 1.82) is 0 Å². The molecule has 3 fully saturated rings. The van der Waals surface area contributed by atoms with Crippen molar-refractivity contribution in [2.24, 2.45) is 0 Å². The summed E-state index contributed by atoms with van der Waals surface area (Å²) in [6.45, 7) is 10.3. The van der Waals surface area contributed by atoms with E-state index < -0.39 is 0 Å². The maximum atomic E-state index is 6.60. The Morgan fingerprint density at radius 2 is 1.62 bits per heavy atom. The number of hydrogen-bond acceptors (Lipinski definition) is 7. The molecule has 0 saturated carbocycles. The number of hydrogen-bond donors (Lipinski definition) is 1. The van der Waals surface area contributed by atoms with Gasteiger partial charge in [-0.1, -0.05) is 49.7 Å². The van der Waals surface area contributed by atoms with Crippen molar-refractivity contribution < 1.29 is 4.74 Å². The number of anilines is 2. The fourth-order valence-corrected chi connectivity index (χ4v) is 6.61. The molecule has 1 aromatic heterocycles. The first-order chi connectivity index (χ1) is 19.1. The van der Waals surface area contributed by atoms with Crippen molar-refractivity contribution in [1.82, 2.24) is 20.2 Å². The summed E-state index contributed by atoms with van der Waals surface area (Å²) >= 11 is 6.60. The first kappa shape index (κ1) is 27.9. The van der Waals surface area contributed by atoms with E-state index in [2.05, 4.69) is 51.3 Å². The highest BCUT2D eigenvalue weighted by atomic mass is 35.5. The Morgan fingerprint density at radius 1 is 0.923 bits per heavy atom. The van der Waals surface area contributed by atoms with E-state index in [1.165, 1.54) is 44.3 Å². The number of likely N-dealkylation sites (tertiary alicyclic amines) is 1. The quantitative estimate of drug-likeness (QED) is 0.460. The SMILES string of the molecule is CC.CN1CCCC1.COc1nc2c(c(N3CC4CCC(C3)N4)n1)CCN(c1cccc3cccc(Cl)c13)C2. The van der Waals surface area contributed by atoms with Crippen LogP contribution in [0.4, 0.5) is 11.5 Å². The number of ether oxygens (including phenoxy) is 1. The van der Waals surface area contributed by atoms with Gasteiger partial charge in [0.2, 0.25) is 0 Å². The molecule has 210 valence electrons. The van der Waals surface area contributed by atoms with Crippen molar-refractivity contribution >= 4 is 33.9 Å². The Balaban J connectivity index is 0.000000337. The molecule has 2 unspecified atom stereocenters. The van der Waals surface area contributed by atoms with Gasteiger partial charge in [0.1, 0.15) is 5.82 Å². The van der Waals surface area contributed by atoms with Crippen LogP contribution in [-0.4, -0.2) is 73.8 Å². The fraction of sp³-hybridized carbons (Fsp3) is 0.548. The van der Waals surface area contributed by atoms with Crippen LogP contribution < -0.4 is 19.9 Å². The number of aromatic nitrogens is 2. The molecule has 3 saturated heterocycles. The van der Waals surface area contributed by atoms with E-state index in [1.807, 2.05) is 26.0 Å². The minimum Gasteiger partial charge on any atom is -0.467 e. The second-order valence-corrected chi connectivity index (χ2v) is 11.2. The Kier molecular flexibility index (Phi) is 9.10. The number of rotatable bonds is 3. The van der Waals surface area contributed by atoms with Crippen LogP contribution >= 0.6 is 11.6 Å². The summed E-state index contributed by atoms with van der Waals surface area (Å²) in [6, 6.07) is 14.0. The number of nitrogens with zero attached hydrogens (tertiary/aromatic N) is 5. The van der Waals surface area contributed by atoms with Crippen LogP contribution in [0.1, 0.15) is 50.8 Å². The molecule has 2 aromatic carbocycles. The molecule has 4 aliphatic rings. The van der Waals surface area contributed by atoms with Crippen LogP contribution in [0.25, 0.3) is 10.8 Å². The predicted octanol–water partition coefficient (Wildman–Crippen LogP) is 5.53. The van der Waals surface area contributed by atoms with Crippen molar-refractivity contribution in [3.05, 3.63) is 52.7 Å². The molecule has 0 aliphatic carbocycles. The molecular formula is C31H43ClN6O. The second-order valence-electron chi connectivity index (χ2n) is 10.8. The van der Waals surface area contributed by atoms with Crippen LogP contribution in [0.2, 0.25) is 5.02 Å². The molecule has 0 amide bonds. The highest BCUT2D eigenvalue weighted by Crippen LogP contribution is 2.37. The van der Waals surface area contributed by atoms with Crippen LogP contribution in [0.15, 0.2) is 36.4 Å². The van der Waals surface area contributed by atoms with Crippen molar-refractivity contribution in [2.75, 3.05) is 56.7 Å². The van der Waals surface area contributed by atoms with Gasteiger partial charge in [-0.15, -0.1) is 0 Å². The average molecular weight is 551 g/mol. The fourth-order valence-electron chi connectivity index (χ4n) is 6.33. The number of methoxy groups -OCH3 is 1. The van der Waals surface area contributed by atoms with Gasteiger partial charge in [-0.05, 0) is 69.8 Å². The summed E-state index contributed by atoms with van der Waals surface area (Å²) in [5, 5.41) is 6.77. The largest absolute Gasteiger partial charge is 0.467 e. The van der Waals surface area contributed by atoms with Gasteiger partial charge in [-0.2, -0.15) is 9.97 Å². The maximum Gasteiger partial charge on any atom is 0.318 e. The number of nitrogens with one attached hydrogen (secondary N) is 1. The second kappa shape index (κ2) is 12.7. The maximum absolute atomic E-state index is 6.60. The number of benzene rings is 2. The first-order valence-corrected chi connectivity index (χ1v) is 15.0. The molecule has 4 aliphatic heterocycles. The lowest BCUT2D eigenvalue weighted by molar-refractivity contribution is 0.374. The minimum atomic E-state index is 0.456. The van der Waals surface area contributed by atoms with Gasteiger partial charge in [0, 0.05) is 48.4 Å². The molecule has 39 heavy (non-hydrogen) atoms. The number of halogens is 1. The zero-order valence-corrected chi connectivity index (χ0v) is 24.7. The lowest BCUT2D eigenvalue weighted by Crippen LogP contribution is -2.52. The zero-order chi connectivity index (χ0) is 27.4. The van der Waals surface area contributed by atoms with Gasteiger partial charge < -0.3 is 24.8 Å². The van der Waals surface area contributed by atoms with Crippen LogP contribution in [0, 0.1) is 0 Å². The van der Waals surface area contributed by atoms with Gasteiger partial charge in [-0.25, -0.2) is 0 Å². The Labute approximate surface area is 238 Å². The minimum absolute atomic E-state index is 0.456. The third kappa shape index (κ3) is 6.11. The zero-order valence-electron chi connectivity index (χ0n) is 23.9. The molecule has 5 heterocycles. The van der Waals surface area contributed by atoms with Crippen molar-refractivity contribution in [3.63, 3.8) is 0 Å². The monoisotopic (exact) mass is 550 g/mol. The molecule has 7 rings (SSSR count). The van der Waals surface area contributed by atoms with E-state index in [0.717, 1.165) is 65.6 Å². The van der Waals surface area contributed by atoms with Crippen LogP contribution in [0.5, 0.6) is 6.01 Å². The molecule has 0 radical (unpaired) electrons. The molecule has 2 atom stereocenters. The standard InChI is InChI=1S/C24H26ClN5O.C5H11N.C2H6/c1-31-24-27-20-14-29(21-7-3-5-15-4-2-6-19(25)22(15)21)11-10-18(20)23(28-24)30-12-16-8-9-17(13-30)26-16;1-6-4-2-3-5-6;1-2/h2-7,16-17,26H,8-14H2,1H3;2-5H2,1H3;1-2H3. The topological polar surface area (TPSA) is 56.8 Å². The van der Waals surface area contributed by atoms with E-state index in [4.69, 9.17) is 26.3 Å². The smallest absolute Gasteiger partial charge is 0.318 e. The van der Waals surface area contributed by atoms with E-state index in [1.54, 1.807) is 7.11 Å². The molecule has 1 N–H and O–H groups in total. The average Bonchev–Trinajstić information content (AvgIpc) is 3.60. The summed E-state index contributed by atoms with van der Waals surface area (Å²) in [4.78, 5) is 16.8. The highest BCUT2D eigenvalue weighted by molar-refractivity contribution is 6.36. The number of piperazine rings is 1. The summed E-state index contributed by atoms with van der Waals surface area (Å²) in [5.41, 5.74) is 3.49. The molecule has 0 spiro atoms. The van der Waals surface area contributed by atoms with E-state index >= 15 is 0 Å². The van der Waals surface area contributed by atoms with Gasteiger partial charge in [0.05, 0.1) is 24.4 Å². The summed E-state index contributed by atoms with van der Waals surface area (Å²) in [7, 11) is 3.82. The third-order valence-electron chi connectivity index (χ3n) is 8.22. The molecule has 7 nitrogen and oxygen atoms in total. The van der Waals surface area contributed by atoms with Gasteiger partial charge in [0.25, 0.3) is 0 Å². The molecule has 2 bridgehead atoms. The Hall–Kier alpha value is -2.61. The van der Waals surface area contributed by atoms with E-state index in [0.29, 0.717) is 18.1 Å². The lowest BCUT2D eigenvalue weighted by atomic mass is 10.0. The summed E-state index contributed by atoms with van der Waals surface area (Å²) in [6.07, 6.45) is 6.24. The van der Waals surface area contributed by atoms with E-state index in [9.17, 15) is 0 Å². The first-order valence-electron chi connectivity index (χ1n) is 14.6. The van der Waals surface area contributed by atoms with E-state index in [-0.39, 0.29) is 0 Å². The summed E-state index contributed by atoms with van der Waals surface area (Å²) < 4.78 is 5.51. The van der Waals surface area contributed by atoms with Gasteiger partial charge in [-0.3, -0.25) is 0 Å². The highest BCUT2D eigenvalue weighted by Gasteiger charge is 2.35. The lowest BCUT2D eigenvalue weighted by Gasteiger charge is -2.37. The van der Waals surface area contributed by atoms with Gasteiger partial charge in [0.15, 0.2) is 0 Å². The van der Waals surface area contributed by atoms with Gasteiger partial charge >= 0.3 is 6.01 Å². The Morgan fingerprint density at radius 3 is 2.26 bits per heavy atom. The summed E-state index contributed by atoms with van der Waals surface area (Å²) in [5.74, 6) is 1.07. The van der Waals surface area contributed by atoms with Crippen molar-refractivity contribution in [3.8, 4) is 6.01 Å². The normalized spacial score (nSPS) is 22.1. The molecule has 3 aromatic rings. The van der Waals surface area contributed by atoms with Crippen LogP contribution in [-0.2, 0) is 13.0 Å².